The van der Waals surface area contributed by atoms with Crippen LogP contribution >= 0.6 is 11.6 Å². The molecule has 1 aliphatic rings. The molecule has 0 radical (unpaired) electrons. The lowest BCUT2D eigenvalue weighted by Gasteiger charge is -2.32. The number of nitrogens with one attached hydrogen (secondary N) is 1. The molecule has 1 fully saturated rings. The fourth-order valence-corrected chi connectivity index (χ4v) is 4.52. The van der Waals surface area contributed by atoms with E-state index < -0.39 is 35.4 Å². The van der Waals surface area contributed by atoms with Gasteiger partial charge in [-0.3, -0.25) is 4.79 Å². The number of carboxylic acid groups (broad SMARTS) is 1. The van der Waals surface area contributed by atoms with Crippen molar-refractivity contribution in [2.45, 2.75) is 77.7 Å². The second kappa shape index (κ2) is 12.9. The Hall–Kier alpha value is -2.68. The first-order chi connectivity index (χ1) is 17.8. The number of benzene rings is 2. The van der Waals surface area contributed by atoms with Gasteiger partial charge >= 0.3 is 12.1 Å². The molecule has 7 nitrogen and oxygen atoms in total. The third-order valence-corrected chi connectivity index (χ3v) is 6.57. The maximum Gasteiger partial charge on any atom is 0.407 e. The molecule has 38 heavy (non-hydrogen) atoms. The lowest BCUT2D eigenvalue weighted by Crippen LogP contribution is -2.46. The molecule has 3 atom stereocenters. The van der Waals surface area contributed by atoms with Crippen LogP contribution in [0.15, 0.2) is 42.5 Å². The van der Waals surface area contributed by atoms with Crippen molar-refractivity contribution in [2.24, 2.45) is 5.41 Å². The summed E-state index contributed by atoms with van der Waals surface area (Å²) >= 11 is 6.04. The van der Waals surface area contributed by atoms with Crippen LogP contribution in [-0.2, 0) is 25.4 Å². The first-order valence-corrected chi connectivity index (χ1v) is 13.2. The average molecular weight is 550 g/mol. The normalized spacial score (nSPS) is 18.3. The van der Waals surface area contributed by atoms with Crippen LogP contribution in [0.25, 0.3) is 11.1 Å². The number of hydrogen-bond acceptors (Lipinski definition) is 5. The van der Waals surface area contributed by atoms with Crippen molar-refractivity contribution in [1.82, 2.24) is 5.32 Å². The maximum absolute atomic E-state index is 14.3. The van der Waals surface area contributed by atoms with Gasteiger partial charge in [-0.05, 0) is 89.1 Å². The molecule has 1 saturated heterocycles. The number of carboxylic acids is 1. The Morgan fingerprint density at radius 2 is 1.87 bits per heavy atom. The van der Waals surface area contributed by atoms with Crippen LogP contribution in [-0.4, -0.2) is 48.3 Å². The van der Waals surface area contributed by atoms with E-state index in [2.05, 4.69) is 5.32 Å². The van der Waals surface area contributed by atoms with Crippen LogP contribution in [0.5, 0.6) is 0 Å². The van der Waals surface area contributed by atoms with Gasteiger partial charge in [0.05, 0.1) is 12.0 Å². The number of carbonyl (C=O) groups is 2. The van der Waals surface area contributed by atoms with Gasteiger partial charge in [-0.1, -0.05) is 35.9 Å². The first-order valence-electron chi connectivity index (χ1n) is 12.9. The number of rotatable bonds is 10. The van der Waals surface area contributed by atoms with Gasteiger partial charge in [0.25, 0.3) is 0 Å². The molecule has 2 aromatic rings. The molecule has 0 aromatic heterocycles. The Balaban J connectivity index is 1.78. The fraction of sp³-hybridized carbons (Fsp3) is 0.517. The summed E-state index contributed by atoms with van der Waals surface area (Å²) in [6, 6.07) is 11.0. The minimum absolute atomic E-state index is 0.0630. The highest BCUT2D eigenvalue weighted by Gasteiger charge is 2.38. The molecular formula is C29H37ClFNO6. The smallest absolute Gasteiger partial charge is 0.407 e. The van der Waals surface area contributed by atoms with E-state index in [-0.39, 0.29) is 18.8 Å². The summed E-state index contributed by atoms with van der Waals surface area (Å²) in [4.78, 5) is 25.0. The van der Waals surface area contributed by atoms with Crippen molar-refractivity contribution < 1.29 is 33.3 Å². The molecule has 1 amide bonds. The number of alkyl carbamates (subject to hydrolysis) is 1. The van der Waals surface area contributed by atoms with Gasteiger partial charge in [-0.15, -0.1) is 0 Å². The Morgan fingerprint density at radius 3 is 2.47 bits per heavy atom. The summed E-state index contributed by atoms with van der Waals surface area (Å²) in [6.45, 7) is 7.41. The van der Waals surface area contributed by atoms with Gasteiger partial charge in [0.15, 0.2) is 6.29 Å². The predicted octanol–water partition coefficient (Wildman–Crippen LogP) is 6.61. The highest BCUT2D eigenvalue weighted by atomic mass is 35.5. The van der Waals surface area contributed by atoms with Gasteiger partial charge in [0, 0.05) is 23.2 Å². The zero-order valence-electron chi connectivity index (χ0n) is 22.4. The summed E-state index contributed by atoms with van der Waals surface area (Å²) in [5, 5.41) is 13.4. The highest BCUT2D eigenvalue weighted by Crippen LogP contribution is 2.30. The van der Waals surface area contributed by atoms with E-state index in [1.807, 2.05) is 12.1 Å². The van der Waals surface area contributed by atoms with E-state index in [4.69, 9.17) is 25.8 Å². The fourth-order valence-electron chi connectivity index (χ4n) is 4.34. The SMILES string of the molecule is CC(C)(C)OC(=O)N[C@H](Cc1ccc(-c2cc(Cl)ccc2F)cc1)C[C@@](C)(COC1CCCCO1)C(=O)O. The zero-order chi connectivity index (χ0) is 27.9. The quantitative estimate of drug-likeness (QED) is 0.346. The third-order valence-electron chi connectivity index (χ3n) is 6.34. The zero-order valence-corrected chi connectivity index (χ0v) is 23.1. The summed E-state index contributed by atoms with van der Waals surface area (Å²) < 4.78 is 31.2. The molecule has 0 aliphatic carbocycles. The van der Waals surface area contributed by atoms with E-state index >= 15 is 0 Å². The average Bonchev–Trinajstić information content (AvgIpc) is 2.84. The standard InChI is InChI=1S/C29H37ClFNO6/c1-28(2,3)38-27(35)32-22(17-29(4,26(33)34)18-37-25-7-5-6-14-36-25)15-19-8-10-20(11-9-19)23-16-21(30)12-13-24(23)31/h8-13,16,22,25H,5-7,14-15,17-18H2,1-4H3,(H,32,35)(H,33,34)/t22-,25?,29+/m1/s1. The van der Waals surface area contributed by atoms with Crippen molar-refractivity contribution in [3.05, 3.63) is 58.9 Å². The first kappa shape index (κ1) is 29.9. The topological polar surface area (TPSA) is 94.1 Å². The lowest BCUT2D eigenvalue weighted by molar-refractivity contribution is -0.187. The van der Waals surface area contributed by atoms with Crippen molar-refractivity contribution in [2.75, 3.05) is 13.2 Å². The van der Waals surface area contributed by atoms with Crippen molar-refractivity contribution in [1.29, 1.82) is 0 Å². The molecule has 0 bridgehead atoms. The number of carbonyl (C=O) groups excluding carboxylic acids is 1. The van der Waals surface area contributed by atoms with Gasteiger partial charge in [-0.2, -0.15) is 0 Å². The molecule has 0 spiro atoms. The molecule has 1 aliphatic heterocycles. The molecule has 9 heteroatoms. The molecule has 2 N–H and O–H groups in total. The highest BCUT2D eigenvalue weighted by molar-refractivity contribution is 6.30. The van der Waals surface area contributed by atoms with Crippen molar-refractivity contribution in [3.63, 3.8) is 0 Å². The third kappa shape index (κ3) is 8.96. The van der Waals surface area contributed by atoms with E-state index in [0.717, 1.165) is 24.8 Å². The monoisotopic (exact) mass is 549 g/mol. The number of aliphatic carboxylic acids is 1. The Bertz CT molecular complexity index is 1100. The largest absolute Gasteiger partial charge is 0.481 e. The summed E-state index contributed by atoms with van der Waals surface area (Å²) in [5.74, 6) is -1.41. The molecule has 3 rings (SSSR count). The van der Waals surface area contributed by atoms with E-state index in [0.29, 0.717) is 29.2 Å². The molecule has 1 heterocycles. The lowest BCUT2D eigenvalue weighted by atomic mass is 9.82. The number of ether oxygens (including phenoxy) is 3. The Labute approximate surface area is 228 Å². The molecule has 2 aromatic carbocycles. The minimum Gasteiger partial charge on any atom is -0.481 e. The number of halogens is 2. The Morgan fingerprint density at radius 1 is 1.16 bits per heavy atom. The van der Waals surface area contributed by atoms with Gasteiger partial charge < -0.3 is 24.6 Å². The van der Waals surface area contributed by atoms with Crippen LogP contribution in [0.3, 0.4) is 0 Å². The molecule has 0 saturated carbocycles. The minimum atomic E-state index is -1.29. The second-order valence-corrected chi connectivity index (χ2v) is 11.5. The summed E-state index contributed by atoms with van der Waals surface area (Å²) in [7, 11) is 0. The van der Waals surface area contributed by atoms with Crippen LogP contribution in [0.1, 0.15) is 58.9 Å². The van der Waals surface area contributed by atoms with E-state index in [1.54, 1.807) is 45.9 Å². The second-order valence-electron chi connectivity index (χ2n) is 11.0. The van der Waals surface area contributed by atoms with Gasteiger partial charge in [0.2, 0.25) is 0 Å². The molecule has 208 valence electrons. The summed E-state index contributed by atoms with van der Waals surface area (Å²) in [5.41, 5.74) is -0.129. The van der Waals surface area contributed by atoms with E-state index in [9.17, 15) is 19.1 Å². The number of hydrogen-bond donors (Lipinski definition) is 2. The molecule has 1 unspecified atom stereocenters. The predicted molar refractivity (Wildman–Crippen MR) is 144 cm³/mol. The van der Waals surface area contributed by atoms with E-state index in [1.165, 1.54) is 12.1 Å². The van der Waals surface area contributed by atoms with Crippen molar-refractivity contribution >= 4 is 23.7 Å². The van der Waals surface area contributed by atoms with Gasteiger partial charge in [0.1, 0.15) is 11.4 Å². The van der Waals surface area contributed by atoms with Gasteiger partial charge in [-0.25, -0.2) is 9.18 Å². The molecular weight excluding hydrogens is 513 g/mol. The van der Waals surface area contributed by atoms with Crippen LogP contribution in [0.2, 0.25) is 5.02 Å². The van der Waals surface area contributed by atoms with Crippen molar-refractivity contribution in [3.8, 4) is 11.1 Å². The maximum atomic E-state index is 14.3. The summed E-state index contributed by atoms with van der Waals surface area (Å²) in [6.07, 6.45) is 2.00. The number of amides is 1. The van der Waals surface area contributed by atoms with Crippen LogP contribution in [0.4, 0.5) is 9.18 Å². The van der Waals surface area contributed by atoms with Crippen LogP contribution in [0, 0.1) is 11.2 Å². The Kier molecular flexibility index (Phi) is 10.2. The van der Waals surface area contributed by atoms with Crippen LogP contribution < -0.4 is 5.32 Å².